The molecule has 0 aliphatic heterocycles. The van der Waals surface area contributed by atoms with Gasteiger partial charge in [-0.05, 0) is 30.7 Å². The maximum Gasteiger partial charge on any atom is 0.350 e. The van der Waals surface area contributed by atoms with E-state index in [0.717, 1.165) is 25.0 Å². The second-order valence-electron chi connectivity index (χ2n) is 4.07. The molecule has 0 spiro atoms. The summed E-state index contributed by atoms with van der Waals surface area (Å²) in [4.78, 5) is 11.9. The predicted molar refractivity (Wildman–Crippen MR) is 71.8 cm³/mol. The smallest absolute Gasteiger partial charge is 0.250 e. The minimum Gasteiger partial charge on any atom is -0.250 e. The third kappa shape index (κ3) is 2.91. The highest BCUT2D eigenvalue weighted by molar-refractivity contribution is 7.80. The molecule has 0 amide bonds. The number of nitrogens with zero attached hydrogens (tertiary/aromatic N) is 3. The fourth-order valence-corrected chi connectivity index (χ4v) is 2.06. The molecule has 92 valence electrons. The van der Waals surface area contributed by atoms with Gasteiger partial charge in [0.2, 0.25) is 0 Å². The molecule has 2 aromatic heterocycles. The Morgan fingerprint density at radius 3 is 2.76 bits per heavy atom. The summed E-state index contributed by atoms with van der Waals surface area (Å²) in [7, 11) is 0. The Labute approximate surface area is 106 Å². The van der Waals surface area contributed by atoms with Gasteiger partial charge in [0, 0.05) is 12.7 Å². The van der Waals surface area contributed by atoms with Crippen LogP contribution in [0.5, 0.6) is 0 Å². The van der Waals surface area contributed by atoms with Crippen molar-refractivity contribution in [3.8, 4) is 0 Å². The molecule has 0 atom stereocenters. The Balaban J connectivity index is 1.99. The van der Waals surface area contributed by atoms with Crippen molar-refractivity contribution in [2.24, 2.45) is 0 Å². The van der Waals surface area contributed by atoms with E-state index in [4.69, 9.17) is 0 Å². The third-order valence-corrected chi connectivity index (χ3v) is 3.08. The summed E-state index contributed by atoms with van der Waals surface area (Å²) in [5.41, 5.74) is 0.669. The molecule has 0 N–H and O–H groups in total. The number of aryl methyl sites for hydroxylation is 1. The second kappa shape index (κ2) is 5.91. The molecule has 0 aliphatic rings. The van der Waals surface area contributed by atoms with Crippen LogP contribution in [-0.4, -0.2) is 19.9 Å². The number of thiol groups is 1. The highest BCUT2D eigenvalue weighted by atomic mass is 32.1. The van der Waals surface area contributed by atoms with Crippen LogP contribution in [0.4, 0.5) is 0 Å². The number of fused-ring (bicyclic) bond motifs is 1. The van der Waals surface area contributed by atoms with E-state index >= 15 is 0 Å². The van der Waals surface area contributed by atoms with Crippen LogP contribution in [0.3, 0.4) is 0 Å². The minimum absolute atomic E-state index is 0.0465. The Morgan fingerprint density at radius 1 is 1.18 bits per heavy atom. The molecule has 0 radical (unpaired) electrons. The van der Waals surface area contributed by atoms with E-state index in [1.54, 1.807) is 15.3 Å². The molecule has 17 heavy (non-hydrogen) atoms. The number of aromatic nitrogens is 3. The first-order chi connectivity index (χ1) is 8.33. The van der Waals surface area contributed by atoms with Crippen molar-refractivity contribution in [1.82, 2.24) is 14.2 Å². The van der Waals surface area contributed by atoms with Crippen molar-refractivity contribution in [3.63, 3.8) is 0 Å². The summed E-state index contributed by atoms with van der Waals surface area (Å²) in [5, 5.41) is 4.28. The van der Waals surface area contributed by atoms with Gasteiger partial charge in [-0.1, -0.05) is 18.9 Å². The van der Waals surface area contributed by atoms with Crippen LogP contribution < -0.4 is 5.69 Å². The summed E-state index contributed by atoms with van der Waals surface area (Å²) in [6.07, 6.45) is 6.19. The summed E-state index contributed by atoms with van der Waals surface area (Å²) >= 11 is 4.17. The lowest BCUT2D eigenvalue weighted by atomic mass is 10.2. The molecule has 0 saturated heterocycles. The number of rotatable bonds is 6. The molecule has 0 saturated carbocycles. The van der Waals surface area contributed by atoms with E-state index in [9.17, 15) is 4.79 Å². The number of unbranched alkanes of at least 4 members (excludes halogenated alkanes) is 3. The fraction of sp³-hybridized carbons (Fsp3) is 0.500. The van der Waals surface area contributed by atoms with Crippen molar-refractivity contribution in [3.05, 3.63) is 34.9 Å². The lowest BCUT2D eigenvalue weighted by Crippen LogP contribution is -2.21. The van der Waals surface area contributed by atoms with E-state index in [1.807, 2.05) is 18.2 Å². The molecule has 2 aromatic rings. The zero-order valence-corrected chi connectivity index (χ0v) is 10.6. The SMILES string of the molecule is O=c1n(CCCCCCS)nc2ccccn12. The highest BCUT2D eigenvalue weighted by Crippen LogP contribution is 2.02. The lowest BCUT2D eigenvalue weighted by Gasteiger charge is -1.99. The van der Waals surface area contributed by atoms with Crippen molar-refractivity contribution in [1.29, 1.82) is 0 Å². The van der Waals surface area contributed by atoms with Crippen molar-refractivity contribution in [2.45, 2.75) is 32.2 Å². The van der Waals surface area contributed by atoms with Crippen molar-refractivity contribution < 1.29 is 0 Å². The largest absolute Gasteiger partial charge is 0.350 e. The van der Waals surface area contributed by atoms with Crippen LogP contribution in [-0.2, 0) is 6.54 Å². The molecule has 0 bridgehead atoms. The van der Waals surface area contributed by atoms with Gasteiger partial charge < -0.3 is 0 Å². The van der Waals surface area contributed by atoms with Crippen LogP contribution in [0.25, 0.3) is 5.65 Å². The van der Waals surface area contributed by atoms with Crippen LogP contribution in [0.2, 0.25) is 0 Å². The maximum absolute atomic E-state index is 11.9. The number of hydrogen-bond donors (Lipinski definition) is 1. The lowest BCUT2D eigenvalue weighted by molar-refractivity contribution is 0.529. The molecule has 0 fully saturated rings. The molecular formula is C12H17N3OS. The van der Waals surface area contributed by atoms with E-state index < -0.39 is 0 Å². The first kappa shape index (κ1) is 12.2. The van der Waals surface area contributed by atoms with Gasteiger partial charge in [-0.3, -0.25) is 4.40 Å². The Bertz CT molecular complexity index is 532. The van der Waals surface area contributed by atoms with Gasteiger partial charge in [-0.25, -0.2) is 9.48 Å². The third-order valence-electron chi connectivity index (χ3n) is 2.77. The zero-order chi connectivity index (χ0) is 12.1. The van der Waals surface area contributed by atoms with Gasteiger partial charge in [-0.15, -0.1) is 5.10 Å². The standard InChI is InChI=1S/C12H17N3OS/c16-12-14-8-5-3-7-11(14)13-15(12)9-4-1-2-6-10-17/h3,5,7-8,17H,1-2,4,6,9-10H2. The molecule has 0 unspecified atom stereocenters. The predicted octanol–water partition coefficient (Wildman–Crippen LogP) is 1.99. The quantitative estimate of drug-likeness (QED) is 0.630. The first-order valence-electron chi connectivity index (χ1n) is 5.98. The zero-order valence-electron chi connectivity index (χ0n) is 9.75. The Kier molecular flexibility index (Phi) is 4.25. The summed E-state index contributed by atoms with van der Waals surface area (Å²) in [6, 6.07) is 5.57. The normalized spacial score (nSPS) is 11.1. The fourth-order valence-electron chi connectivity index (χ4n) is 1.84. The van der Waals surface area contributed by atoms with Crippen LogP contribution >= 0.6 is 12.6 Å². The van der Waals surface area contributed by atoms with Gasteiger partial charge in [0.1, 0.15) is 0 Å². The Hall–Kier alpha value is -1.23. The molecule has 5 heteroatoms. The average Bonchev–Trinajstić information content (AvgIpc) is 2.67. The molecule has 0 aliphatic carbocycles. The monoisotopic (exact) mass is 251 g/mol. The van der Waals surface area contributed by atoms with Crippen LogP contribution in [0.1, 0.15) is 25.7 Å². The Morgan fingerprint density at radius 2 is 2.00 bits per heavy atom. The summed E-state index contributed by atoms with van der Waals surface area (Å²) in [5.74, 6) is 0.939. The summed E-state index contributed by atoms with van der Waals surface area (Å²) < 4.78 is 3.13. The molecule has 2 heterocycles. The summed E-state index contributed by atoms with van der Waals surface area (Å²) in [6.45, 7) is 0.701. The highest BCUT2D eigenvalue weighted by Gasteiger charge is 2.04. The first-order valence-corrected chi connectivity index (χ1v) is 6.61. The minimum atomic E-state index is -0.0465. The average molecular weight is 251 g/mol. The van der Waals surface area contributed by atoms with Gasteiger partial charge >= 0.3 is 5.69 Å². The van der Waals surface area contributed by atoms with E-state index in [1.165, 1.54) is 6.42 Å². The molecular weight excluding hydrogens is 234 g/mol. The second-order valence-corrected chi connectivity index (χ2v) is 4.52. The van der Waals surface area contributed by atoms with E-state index in [0.29, 0.717) is 12.2 Å². The van der Waals surface area contributed by atoms with Gasteiger partial charge in [0.25, 0.3) is 0 Å². The maximum atomic E-state index is 11.9. The molecule has 4 nitrogen and oxygen atoms in total. The van der Waals surface area contributed by atoms with Gasteiger partial charge in [0.15, 0.2) is 5.65 Å². The topological polar surface area (TPSA) is 39.3 Å². The van der Waals surface area contributed by atoms with Crippen molar-refractivity contribution in [2.75, 3.05) is 5.75 Å². The van der Waals surface area contributed by atoms with Gasteiger partial charge in [-0.2, -0.15) is 12.6 Å². The van der Waals surface area contributed by atoms with Crippen molar-refractivity contribution >= 4 is 18.3 Å². The van der Waals surface area contributed by atoms with E-state index in [-0.39, 0.29) is 5.69 Å². The van der Waals surface area contributed by atoms with Crippen LogP contribution in [0, 0.1) is 0 Å². The number of hydrogen-bond acceptors (Lipinski definition) is 3. The van der Waals surface area contributed by atoms with E-state index in [2.05, 4.69) is 17.7 Å². The van der Waals surface area contributed by atoms with Gasteiger partial charge in [0.05, 0.1) is 0 Å². The van der Waals surface area contributed by atoms with Crippen LogP contribution in [0.15, 0.2) is 29.2 Å². The molecule has 2 rings (SSSR count). The molecule has 0 aromatic carbocycles. The number of pyridine rings is 1.